The van der Waals surface area contributed by atoms with Crippen molar-refractivity contribution < 1.29 is 18.6 Å². The van der Waals surface area contributed by atoms with Crippen LogP contribution in [0.4, 0.5) is 8.78 Å². The van der Waals surface area contributed by atoms with E-state index in [0.717, 1.165) is 6.07 Å². The molecule has 1 aliphatic rings. The summed E-state index contributed by atoms with van der Waals surface area (Å²) in [5.41, 5.74) is -0.0551. The highest BCUT2D eigenvalue weighted by molar-refractivity contribution is 5.40. The lowest BCUT2D eigenvalue weighted by molar-refractivity contribution is 0.0198. The number of aliphatic hydroxyl groups is 1. The van der Waals surface area contributed by atoms with Gasteiger partial charge in [0.2, 0.25) is 0 Å². The van der Waals surface area contributed by atoms with Crippen molar-refractivity contribution >= 4 is 0 Å². The summed E-state index contributed by atoms with van der Waals surface area (Å²) in [6.07, 6.45) is 1.14. The average molecular weight is 270 g/mol. The summed E-state index contributed by atoms with van der Waals surface area (Å²) < 4.78 is 32.8. The molecule has 1 aliphatic carbocycles. The zero-order valence-corrected chi connectivity index (χ0v) is 11.5. The number of hydrogen-bond acceptors (Lipinski definition) is 2. The van der Waals surface area contributed by atoms with Crippen molar-refractivity contribution in [3.63, 3.8) is 0 Å². The van der Waals surface area contributed by atoms with Crippen LogP contribution in [-0.2, 0) is 5.41 Å². The fourth-order valence-electron chi connectivity index (χ4n) is 2.44. The van der Waals surface area contributed by atoms with Gasteiger partial charge in [-0.25, -0.2) is 8.78 Å². The molecule has 0 amide bonds. The van der Waals surface area contributed by atoms with E-state index in [-0.39, 0.29) is 17.8 Å². The zero-order valence-electron chi connectivity index (χ0n) is 11.5. The third-order valence-electron chi connectivity index (χ3n) is 3.45. The van der Waals surface area contributed by atoms with Gasteiger partial charge in [-0.2, -0.15) is 0 Å². The molecule has 0 aliphatic heterocycles. The molecule has 4 heteroatoms. The second kappa shape index (κ2) is 5.08. The Kier molecular flexibility index (Phi) is 3.81. The molecule has 1 aromatic carbocycles. The van der Waals surface area contributed by atoms with E-state index in [1.165, 1.54) is 6.07 Å². The lowest BCUT2D eigenvalue weighted by Crippen LogP contribution is -2.32. The minimum absolute atomic E-state index is 0.250. The van der Waals surface area contributed by atoms with Crippen LogP contribution in [0, 0.1) is 17.6 Å². The van der Waals surface area contributed by atoms with Crippen LogP contribution in [0.1, 0.15) is 39.2 Å². The Morgan fingerprint density at radius 2 is 1.89 bits per heavy atom. The van der Waals surface area contributed by atoms with Crippen LogP contribution >= 0.6 is 0 Å². The van der Waals surface area contributed by atoms with Crippen LogP contribution in [0.25, 0.3) is 0 Å². The smallest absolute Gasteiger partial charge is 0.133 e. The number of rotatable bonds is 3. The molecule has 0 spiro atoms. The Morgan fingerprint density at radius 3 is 2.42 bits per heavy atom. The normalized spacial score (nSPS) is 23.1. The van der Waals surface area contributed by atoms with E-state index < -0.39 is 17.0 Å². The van der Waals surface area contributed by atoms with E-state index in [4.69, 9.17) is 4.74 Å². The molecule has 0 heterocycles. The van der Waals surface area contributed by atoms with Crippen LogP contribution < -0.4 is 4.74 Å². The van der Waals surface area contributed by atoms with Gasteiger partial charge in [-0.1, -0.05) is 20.8 Å². The predicted molar refractivity (Wildman–Crippen MR) is 69.3 cm³/mol. The molecule has 0 radical (unpaired) electrons. The van der Waals surface area contributed by atoms with Gasteiger partial charge in [0, 0.05) is 17.7 Å². The van der Waals surface area contributed by atoms with E-state index in [9.17, 15) is 13.9 Å². The van der Waals surface area contributed by atoms with E-state index >= 15 is 0 Å². The molecule has 2 nitrogen and oxygen atoms in total. The van der Waals surface area contributed by atoms with Gasteiger partial charge in [0.05, 0.1) is 12.7 Å². The van der Waals surface area contributed by atoms with E-state index in [1.54, 1.807) is 0 Å². The summed E-state index contributed by atoms with van der Waals surface area (Å²) in [5, 5.41) is 9.21. The fraction of sp³-hybridized carbons (Fsp3) is 0.600. The molecule has 1 fully saturated rings. The maximum absolute atomic E-state index is 13.9. The Hall–Kier alpha value is -1.16. The standard InChI is InChI=1S/C15H20F2O2/c1-15(2,3)14-12(17)6-10(16)7-13(14)19-8-9-4-11(18)5-9/h6-7,9,11,18H,4-5,8H2,1-3H3. The molecule has 106 valence electrons. The first-order chi connectivity index (χ1) is 8.77. The molecular formula is C15H20F2O2. The van der Waals surface area contributed by atoms with Crippen molar-refractivity contribution in [1.82, 2.24) is 0 Å². The van der Waals surface area contributed by atoms with Gasteiger partial charge >= 0.3 is 0 Å². The molecule has 0 aromatic heterocycles. The summed E-state index contributed by atoms with van der Waals surface area (Å²) in [6.45, 7) is 5.98. The molecule has 0 atom stereocenters. The van der Waals surface area contributed by atoms with Gasteiger partial charge in [0.1, 0.15) is 17.4 Å². The minimum atomic E-state index is -0.630. The second-order valence-electron chi connectivity index (χ2n) is 6.31. The first-order valence-corrected chi connectivity index (χ1v) is 6.57. The van der Waals surface area contributed by atoms with E-state index in [2.05, 4.69) is 0 Å². The topological polar surface area (TPSA) is 29.5 Å². The quantitative estimate of drug-likeness (QED) is 0.912. The van der Waals surface area contributed by atoms with Crippen molar-refractivity contribution in [1.29, 1.82) is 0 Å². The minimum Gasteiger partial charge on any atom is -0.493 e. The number of hydrogen-bond donors (Lipinski definition) is 1. The molecular weight excluding hydrogens is 250 g/mol. The molecule has 1 aromatic rings. The Bertz CT molecular complexity index is 460. The van der Waals surface area contributed by atoms with Crippen LogP contribution in [0.5, 0.6) is 5.75 Å². The highest BCUT2D eigenvalue weighted by Crippen LogP contribution is 2.36. The number of aliphatic hydroxyl groups excluding tert-OH is 1. The van der Waals surface area contributed by atoms with Gasteiger partial charge in [-0.15, -0.1) is 0 Å². The second-order valence-corrected chi connectivity index (χ2v) is 6.31. The molecule has 19 heavy (non-hydrogen) atoms. The summed E-state index contributed by atoms with van der Waals surface area (Å²) in [4.78, 5) is 0. The lowest BCUT2D eigenvalue weighted by atomic mass is 9.83. The van der Waals surface area contributed by atoms with Crippen molar-refractivity contribution in [2.45, 2.75) is 45.1 Å². The molecule has 0 bridgehead atoms. The predicted octanol–water partition coefficient (Wildman–Crippen LogP) is 3.41. The fourth-order valence-corrected chi connectivity index (χ4v) is 2.44. The third-order valence-corrected chi connectivity index (χ3v) is 3.45. The SMILES string of the molecule is CC(C)(C)c1c(F)cc(F)cc1OCC1CC(O)C1. The number of halogens is 2. The Labute approximate surface area is 112 Å². The van der Waals surface area contributed by atoms with Crippen LogP contribution in [0.2, 0.25) is 0 Å². The Balaban J connectivity index is 2.18. The van der Waals surface area contributed by atoms with Gasteiger partial charge in [0.15, 0.2) is 0 Å². The van der Waals surface area contributed by atoms with E-state index in [1.807, 2.05) is 20.8 Å². The summed E-state index contributed by atoms with van der Waals surface area (Å²) >= 11 is 0. The molecule has 1 saturated carbocycles. The number of benzene rings is 1. The van der Waals surface area contributed by atoms with Crippen LogP contribution in [0.15, 0.2) is 12.1 Å². The zero-order chi connectivity index (χ0) is 14.2. The summed E-state index contributed by atoms with van der Waals surface area (Å²) in [6, 6.07) is 2.12. The molecule has 0 unspecified atom stereocenters. The highest BCUT2D eigenvalue weighted by atomic mass is 19.1. The van der Waals surface area contributed by atoms with Crippen LogP contribution in [-0.4, -0.2) is 17.8 Å². The van der Waals surface area contributed by atoms with Crippen molar-refractivity contribution in [3.8, 4) is 5.75 Å². The van der Waals surface area contributed by atoms with E-state index in [0.29, 0.717) is 25.0 Å². The average Bonchev–Trinajstić information content (AvgIpc) is 2.19. The van der Waals surface area contributed by atoms with Crippen molar-refractivity contribution in [2.75, 3.05) is 6.61 Å². The van der Waals surface area contributed by atoms with Gasteiger partial charge in [0.25, 0.3) is 0 Å². The monoisotopic (exact) mass is 270 g/mol. The largest absolute Gasteiger partial charge is 0.493 e. The maximum Gasteiger partial charge on any atom is 0.133 e. The van der Waals surface area contributed by atoms with Gasteiger partial charge in [-0.3, -0.25) is 0 Å². The molecule has 2 rings (SSSR count). The lowest BCUT2D eigenvalue weighted by Gasteiger charge is -2.32. The number of ether oxygens (including phenoxy) is 1. The van der Waals surface area contributed by atoms with Gasteiger partial charge in [-0.05, 0) is 24.2 Å². The Morgan fingerprint density at radius 1 is 1.26 bits per heavy atom. The first kappa shape index (κ1) is 14.3. The maximum atomic E-state index is 13.9. The van der Waals surface area contributed by atoms with Crippen molar-refractivity contribution in [3.05, 3.63) is 29.3 Å². The first-order valence-electron chi connectivity index (χ1n) is 6.57. The van der Waals surface area contributed by atoms with Gasteiger partial charge < -0.3 is 9.84 Å². The molecule has 1 N–H and O–H groups in total. The molecule has 0 saturated heterocycles. The van der Waals surface area contributed by atoms with Crippen molar-refractivity contribution in [2.24, 2.45) is 5.92 Å². The summed E-state index contributed by atoms with van der Waals surface area (Å²) in [7, 11) is 0. The van der Waals surface area contributed by atoms with Crippen LogP contribution in [0.3, 0.4) is 0 Å². The highest BCUT2D eigenvalue weighted by Gasteiger charge is 2.29. The third kappa shape index (κ3) is 3.24. The summed E-state index contributed by atoms with van der Waals surface area (Å²) in [5.74, 6) is -0.661.